The van der Waals surface area contributed by atoms with Crippen molar-refractivity contribution in [2.75, 3.05) is 0 Å². The lowest BCUT2D eigenvalue weighted by Crippen LogP contribution is -2.34. The zero-order valence-electron chi connectivity index (χ0n) is 24.5. The summed E-state index contributed by atoms with van der Waals surface area (Å²) in [7, 11) is 0. The van der Waals surface area contributed by atoms with E-state index >= 15 is 0 Å². The molecule has 0 atom stereocenters. The largest absolute Gasteiger partial charge is 0.457 e. The van der Waals surface area contributed by atoms with Crippen LogP contribution in [-0.4, -0.2) is 0 Å². The molecule has 0 N–H and O–H groups in total. The fourth-order valence-electron chi connectivity index (χ4n) is 7.23. The Kier molecular flexibility index (Phi) is 5.76. The van der Waals surface area contributed by atoms with E-state index in [4.69, 9.17) is 9.15 Å². The first-order valence-electron chi connectivity index (χ1n) is 15.3. The minimum absolute atomic E-state index is 0.524. The zero-order chi connectivity index (χ0) is 29.8. The normalized spacial score (nSPS) is 13.2. The van der Waals surface area contributed by atoms with E-state index in [2.05, 4.69) is 158 Å². The molecule has 0 spiro atoms. The van der Waals surface area contributed by atoms with E-state index in [1.165, 1.54) is 11.1 Å². The summed E-state index contributed by atoms with van der Waals surface area (Å²) >= 11 is 0. The molecule has 1 aliphatic heterocycles. The number of furan rings is 1. The summed E-state index contributed by atoms with van der Waals surface area (Å²) in [5, 5.41) is 2.27. The highest BCUT2D eigenvalue weighted by molar-refractivity contribution is 6.09. The Labute approximate surface area is 261 Å². The summed E-state index contributed by atoms with van der Waals surface area (Å²) in [5.41, 5.74) is 10.4. The average molecular weight is 577 g/mol. The molecule has 0 aliphatic carbocycles. The van der Waals surface area contributed by atoms with Gasteiger partial charge in [-0.25, -0.2) is 0 Å². The van der Waals surface area contributed by atoms with Gasteiger partial charge in [-0.2, -0.15) is 0 Å². The van der Waals surface area contributed by atoms with E-state index in [9.17, 15) is 0 Å². The van der Waals surface area contributed by atoms with Gasteiger partial charge in [-0.1, -0.05) is 146 Å². The summed E-state index contributed by atoms with van der Waals surface area (Å²) in [5.74, 6) is 1.74. The molecule has 0 amide bonds. The van der Waals surface area contributed by atoms with Gasteiger partial charge < -0.3 is 9.15 Å². The number of rotatable bonds is 4. The molecule has 0 radical (unpaired) electrons. The van der Waals surface area contributed by atoms with Gasteiger partial charge in [0.05, 0.1) is 5.41 Å². The van der Waals surface area contributed by atoms with Crippen LogP contribution in [0.25, 0.3) is 44.2 Å². The van der Waals surface area contributed by atoms with Gasteiger partial charge in [0.25, 0.3) is 0 Å². The molecular weight excluding hydrogens is 548 g/mol. The second-order valence-corrected chi connectivity index (χ2v) is 11.7. The molecule has 2 heterocycles. The van der Waals surface area contributed by atoms with Crippen molar-refractivity contribution in [2.24, 2.45) is 0 Å². The Morgan fingerprint density at radius 1 is 0.400 bits per heavy atom. The van der Waals surface area contributed by atoms with Crippen LogP contribution in [0.3, 0.4) is 0 Å². The van der Waals surface area contributed by atoms with Crippen molar-refractivity contribution in [3.05, 3.63) is 192 Å². The average Bonchev–Trinajstić information content (AvgIpc) is 3.50. The first-order valence-corrected chi connectivity index (χ1v) is 15.3. The van der Waals surface area contributed by atoms with E-state index < -0.39 is 5.41 Å². The Morgan fingerprint density at radius 3 is 1.84 bits per heavy atom. The molecule has 45 heavy (non-hydrogen) atoms. The Balaban J connectivity index is 1.23. The minimum atomic E-state index is -0.524. The fourth-order valence-corrected chi connectivity index (χ4v) is 7.23. The topological polar surface area (TPSA) is 22.4 Å². The molecule has 7 aromatic carbocycles. The van der Waals surface area contributed by atoms with Crippen molar-refractivity contribution in [1.29, 1.82) is 0 Å². The second-order valence-electron chi connectivity index (χ2n) is 11.7. The smallest absolute Gasteiger partial charge is 0.143 e. The number of fused-ring (bicyclic) bond motifs is 5. The highest BCUT2D eigenvalue weighted by atomic mass is 16.5. The molecule has 2 heteroatoms. The third-order valence-electron chi connectivity index (χ3n) is 9.22. The van der Waals surface area contributed by atoms with E-state index in [0.717, 1.165) is 66.8 Å². The second kappa shape index (κ2) is 10.1. The monoisotopic (exact) mass is 576 g/mol. The van der Waals surface area contributed by atoms with Gasteiger partial charge in [0.1, 0.15) is 22.7 Å². The molecule has 0 saturated carbocycles. The van der Waals surface area contributed by atoms with Gasteiger partial charge in [0.15, 0.2) is 0 Å². The van der Waals surface area contributed by atoms with Crippen molar-refractivity contribution >= 4 is 21.9 Å². The first kappa shape index (κ1) is 25.6. The molecular formula is C43H28O2. The van der Waals surface area contributed by atoms with Gasteiger partial charge in [-0.15, -0.1) is 0 Å². The van der Waals surface area contributed by atoms with Crippen LogP contribution in [0.1, 0.15) is 22.3 Å². The van der Waals surface area contributed by atoms with Crippen LogP contribution >= 0.6 is 0 Å². The standard InChI is InChI=1S/C43H28O2/c1-3-15-32(16-4-1)43(33-17-5-2-6-18-33)37-22-8-10-24-40(37)44-41-28-30(25-26-38(41)43)29-13-11-14-31(27-29)34-20-12-21-36-35-19-7-9-23-39(35)45-42(34)36/h1-28H. The number of para-hydroxylation sites is 3. The molecule has 0 saturated heterocycles. The Hall–Kier alpha value is -5.86. The molecule has 0 fully saturated rings. The summed E-state index contributed by atoms with van der Waals surface area (Å²) in [6, 6.07) is 60.1. The van der Waals surface area contributed by atoms with Gasteiger partial charge in [0.2, 0.25) is 0 Å². The number of hydrogen-bond acceptors (Lipinski definition) is 2. The van der Waals surface area contributed by atoms with Crippen LogP contribution in [0.4, 0.5) is 0 Å². The lowest BCUT2D eigenvalue weighted by molar-refractivity contribution is 0.435. The Morgan fingerprint density at radius 2 is 1.02 bits per heavy atom. The maximum Gasteiger partial charge on any atom is 0.143 e. The van der Waals surface area contributed by atoms with Crippen LogP contribution in [0, 0.1) is 0 Å². The van der Waals surface area contributed by atoms with Crippen LogP contribution in [0.2, 0.25) is 0 Å². The van der Waals surface area contributed by atoms with Gasteiger partial charge in [-0.05, 0) is 52.1 Å². The van der Waals surface area contributed by atoms with Gasteiger partial charge in [-0.3, -0.25) is 0 Å². The molecule has 1 aliphatic rings. The van der Waals surface area contributed by atoms with Crippen LogP contribution < -0.4 is 4.74 Å². The quantitative estimate of drug-likeness (QED) is 0.208. The summed E-state index contributed by atoms with van der Waals surface area (Å²) < 4.78 is 13.1. The highest BCUT2D eigenvalue weighted by Crippen LogP contribution is 2.55. The summed E-state index contributed by atoms with van der Waals surface area (Å²) in [6.45, 7) is 0. The predicted molar refractivity (Wildman–Crippen MR) is 183 cm³/mol. The molecule has 212 valence electrons. The lowest BCUT2D eigenvalue weighted by Gasteiger charge is -2.41. The van der Waals surface area contributed by atoms with Crippen molar-refractivity contribution in [3.8, 4) is 33.8 Å². The van der Waals surface area contributed by atoms with Crippen LogP contribution in [0.15, 0.2) is 174 Å². The number of benzene rings is 7. The Bertz CT molecular complexity index is 2310. The molecule has 0 bridgehead atoms. The molecule has 8 aromatic rings. The minimum Gasteiger partial charge on any atom is -0.457 e. The number of ether oxygens (including phenoxy) is 1. The van der Waals surface area contributed by atoms with E-state index in [1.54, 1.807) is 0 Å². The predicted octanol–water partition coefficient (Wildman–Crippen LogP) is 11.4. The third-order valence-corrected chi connectivity index (χ3v) is 9.22. The maximum atomic E-state index is 6.73. The van der Waals surface area contributed by atoms with E-state index in [1.807, 2.05) is 12.1 Å². The lowest BCUT2D eigenvalue weighted by atomic mass is 9.63. The van der Waals surface area contributed by atoms with E-state index in [0.29, 0.717) is 0 Å². The maximum absolute atomic E-state index is 6.73. The van der Waals surface area contributed by atoms with Crippen molar-refractivity contribution in [2.45, 2.75) is 5.41 Å². The first-order chi connectivity index (χ1) is 22.3. The van der Waals surface area contributed by atoms with E-state index in [-0.39, 0.29) is 0 Å². The van der Waals surface area contributed by atoms with Crippen molar-refractivity contribution in [1.82, 2.24) is 0 Å². The van der Waals surface area contributed by atoms with Crippen molar-refractivity contribution < 1.29 is 9.15 Å². The molecule has 2 nitrogen and oxygen atoms in total. The van der Waals surface area contributed by atoms with Crippen molar-refractivity contribution in [3.63, 3.8) is 0 Å². The van der Waals surface area contributed by atoms with Crippen LogP contribution in [0.5, 0.6) is 11.5 Å². The zero-order valence-corrected chi connectivity index (χ0v) is 24.5. The fraction of sp³-hybridized carbons (Fsp3) is 0.0233. The molecule has 0 unspecified atom stereocenters. The summed E-state index contributed by atoms with van der Waals surface area (Å²) in [4.78, 5) is 0. The van der Waals surface area contributed by atoms with Gasteiger partial charge >= 0.3 is 0 Å². The molecule has 1 aromatic heterocycles. The van der Waals surface area contributed by atoms with Crippen LogP contribution in [-0.2, 0) is 5.41 Å². The van der Waals surface area contributed by atoms with Gasteiger partial charge in [0, 0.05) is 27.5 Å². The SMILES string of the molecule is c1ccc(C2(c3ccccc3)c3ccccc3Oc3cc(-c4cccc(-c5cccc6c5oc5ccccc56)c4)ccc32)cc1. The third kappa shape index (κ3) is 3.89. The molecule has 9 rings (SSSR count). The highest BCUT2D eigenvalue weighted by Gasteiger charge is 2.45. The number of hydrogen-bond donors (Lipinski definition) is 0. The summed E-state index contributed by atoms with van der Waals surface area (Å²) in [6.07, 6.45) is 0.